The van der Waals surface area contributed by atoms with Gasteiger partial charge in [0.05, 0.1) is 11.6 Å². The molecule has 1 aromatic heterocycles. The molecule has 2 fully saturated rings. The molecule has 29 heavy (non-hydrogen) atoms. The Bertz CT molecular complexity index is 863. The van der Waals surface area contributed by atoms with Crippen molar-refractivity contribution in [2.75, 3.05) is 19.8 Å². The van der Waals surface area contributed by atoms with E-state index >= 15 is 0 Å². The molecular formula is C21H27ClN4O3. The van der Waals surface area contributed by atoms with Gasteiger partial charge in [-0.1, -0.05) is 22.8 Å². The third-order valence-electron chi connectivity index (χ3n) is 5.75. The molecule has 0 bridgehead atoms. The molecule has 2 aromatic rings. The zero-order valence-electron chi connectivity index (χ0n) is 16.9. The number of likely N-dealkylation sites (tertiary alicyclic amines) is 1. The summed E-state index contributed by atoms with van der Waals surface area (Å²) in [6, 6.07) is 7.49. The van der Waals surface area contributed by atoms with Crippen LogP contribution >= 0.6 is 11.6 Å². The predicted octanol–water partition coefficient (Wildman–Crippen LogP) is 3.70. The molecule has 8 heteroatoms. The van der Waals surface area contributed by atoms with Gasteiger partial charge in [0.15, 0.2) is 5.82 Å². The molecule has 3 heterocycles. The molecule has 0 radical (unpaired) electrons. The smallest absolute Gasteiger partial charge is 0.252 e. The maximum Gasteiger partial charge on any atom is 0.252 e. The number of hydrogen-bond acceptors (Lipinski definition) is 6. The number of hydrogen-bond donors (Lipinski definition) is 1. The van der Waals surface area contributed by atoms with Crippen molar-refractivity contribution in [2.24, 2.45) is 0 Å². The highest BCUT2D eigenvalue weighted by molar-refractivity contribution is 6.30. The quantitative estimate of drug-likeness (QED) is 0.797. The van der Waals surface area contributed by atoms with Crippen molar-refractivity contribution in [2.45, 2.75) is 57.2 Å². The molecule has 7 nitrogen and oxygen atoms in total. The third kappa shape index (κ3) is 4.47. The Balaban J connectivity index is 1.47. The van der Waals surface area contributed by atoms with Crippen LogP contribution < -0.4 is 5.32 Å². The molecule has 2 aliphatic heterocycles. The van der Waals surface area contributed by atoms with Gasteiger partial charge in [0.2, 0.25) is 5.89 Å². The molecule has 0 spiro atoms. The Labute approximate surface area is 175 Å². The van der Waals surface area contributed by atoms with Gasteiger partial charge in [-0.3, -0.25) is 9.69 Å². The van der Waals surface area contributed by atoms with E-state index in [9.17, 15) is 4.79 Å². The minimum absolute atomic E-state index is 0.138. The second kappa shape index (κ2) is 8.42. The third-order valence-corrected chi connectivity index (χ3v) is 5.99. The van der Waals surface area contributed by atoms with E-state index in [-0.39, 0.29) is 11.9 Å². The van der Waals surface area contributed by atoms with Gasteiger partial charge in [-0.15, -0.1) is 0 Å². The van der Waals surface area contributed by atoms with E-state index in [1.807, 2.05) is 13.8 Å². The first-order chi connectivity index (χ1) is 13.9. The maximum atomic E-state index is 12.6. The van der Waals surface area contributed by atoms with E-state index < -0.39 is 5.54 Å². The minimum Gasteiger partial charge on any atom is -0.381 e. The number of aromatic nitrogens is 2. The molecule has 2 saturated heterocycles. The van der Waals surface area contributed by atoms with Crippen LogP contribution in [0.3, 0.4) is 0 Å². The molecule has 2 aliphatic rings. The second-order valence-electron chi connectivity index (χ2n) is 8.29. The van der Waals surface area contributed by atoms with Crippen molar-refractivity contribution in [3.05, 3.63) is 46.6 Å². The highest BCUT2D eigenvalue weighted by Gasteiger charge is 2.37. The summed E-state index contributed by atoms with van der Waals surface area (Å²) in [4.78, 5) is 19.8. The largest absolute Gasteiger partial charge is 0.381 e. The van der Waals surface area contributed by atoms with E-state index in [4.69, 9.17) is 20.9 Å². The maximum absolute atomic E-state index is 12.6. The molecule has 156 valence electrons. The summed E-state index contributed by atoms with van der Waals surface area (Å²) < 4.78 is 11.2. The fourth-order valence-corrected chi connectivity index (χ4v) is 4.36. The Morgan fingerprint density at radius 2 is 2.07 bits per heavy atom. The van der Waals surface area contributed by atoms with Gasteiger partial charge in [0, 0.05) is 29.8 Å². The summed E-state index contributed by atoms with van der Waals surface area (Å²) in [6.07, 6.45) is 4.21. The number of ether oxygens (including phenoxy) is 1. The van der Waals surface area contributed by atoms with Gasteiger partial charge in [-0.05, 0) is 64.3 Å². The average Bonchev–Trinajstić information content (AvgIpc) is 3.38. The highest BCUT2D eigenvalue weighted by Crippen LogP contribution is 2.35. The van der Waals surface area contributed by atoms with Gasteiger partial charge in [-0.25, -0.2) is 0 Å². The number of rotatable bonds is 5. The minimum atomic E-state index is -0.775. The Morgan fingerprint density at radius 1 is 1.28 bits per heavy atom. The molecule has 1 unspecified atom stereocenters. The Kier molecular flexibility index (Phi) is 5.90. The van der Waals surface area contributed by atoms with Crippen LogP contribution in [-0.2, 0) is 10.3 Å². The van der Waals surface area contributed by atoms with Crippen LogP contribution in [0, 0.1) is 0 Å². The van der Waals surface area contributed by atoms with Crippen LogP contribution in [0.25, 0.3) is 0 Å². The number of carbonyl (C=O) groups is 1. The average molecular weight is 419 g/mol. The standard InChI is InChI=1S/C21H27ClN4O3/c1-21(2,24-18(27)14-5-3-6-15(22)13-14)20-23-19(29-25-20)17-7-4-10-26(17)16-8-11-28-12-9-16/h3,5-6,13,16-17H,4,7-12H2,1-2H3,(H,24,27). The summed E-state index contributed by atoms with van der Waals surface area (Å²) >= 11 is 6.00. The van der Waals surface area contributed by atoms with Crippen LogP contribution in [0.15, 0.2) is 28.8 Å². The fourth-order valence-electron chi connectivity index (χ4n) is 4.17. The summed E-state index contributed by atoms with van der Waals surface area (Å²) in [5.41, 5.74) is -0.278. The molecule has 1 aromatic carbocycles. The SMILES string of the molecule is CC(C)(NC(=O)c1cccc(Cl)c1)c1noc(C2CCCN2C2CCOCC2)n1. The molecule has 0 saturated carbocycles. The lowest BCUT2D eigenvalue weighted by atomic mass is 10.0. The van der Waals surface area contributed by atoms with Gasteiger partial charge in [0.25, 0.3) is 5.91 Å². The number of nitrogens with one attached hydrogen (secondary N) is 1. The lowest BCUT2D eigenvalue weighted by Crippen LogP contribution is -2.42. The predicted molar refractivity (Wildman–Crippen MR) is 109 cm³/mol. The first-order valence-electron chi connectivity index (χ1n) is 10.2. The first kappa shape index (κ1) is 20.3. The summed E-state index contributed by atoms with van der Waals surface area (Å²) in [7, 11) is 0. The summed E-state index contributed by atoms with van der Waals surface area (Å²) in [6.45, 7) is 6.41. The molecule has 0 aliphatic carbocycles. The van der Waals surface area contributed by atoms with Crippen LogP contribution in [-0.4, -0.2) is 46.7 Å². The van der Waals surface area contributed by atoms with E-state index in [1.54, 1.807) is 24.3 Å². The first-order valence-corrected chi connectivity index (χ1v) is 10.6. The zero-order chi connectivity index (χ0) is 20.4. The van der Waals surface area contributed by atoms with E-state index in [2.05, 4.69) is 20.4 Å². The number of carbonyl (C=O) groups excluding carboxylic acids is 1. The van der Waals surface area contributed by atoms with Crippen LogP contribution in [0.1, 0.15) is 67.6 Å². The van der Waals surface area contributed by atoms with Crippen molar-refractivity contribution in [1.82, 2.24) is 20.4 Å². The van der Waals surface area contributed by atoms with E-state index in [0.29, 0.717) is 28.3 Å². The van der Waals surface area contributed by atoms with Gasteiger partial charge >= 0.3 is 0 Å². The normalized spacial score (nSPS) is 21.4. The second-order valence-corrected chi connectivity index (χ2v) is 8.72. The number of amides is 1. The monoisotopic (exact) mass is 418 g/mol. The zero-order valence-corrected chi connectivity index (χ0v) is 17.6. The number of nitrogens with zero attached hydrogens (tertiary/aromatic N) is 3. The molecule has 1 atom stereocenters. The van der Waals surface area contributed by atoms with Crippen molar-refractivity contribution in [1.29, 1.82) is 0 Å². The molecule has 1 N–H and O–H groups in total. The van der Waals surface area contributed by atoms with Gasteiger partial charge in [-0.2, -0.15) is 4.98 Å². The lowest BCUT2D eigenvalue weighted by Gasteiger charge is -2.33. The molecule has 1 amide bonds. The van der Waals surface area contributed by atoms with Crippen LogP contribution in [0.2, 0.25) is 5.02 Å². The van der Waals surface area contributed by atoms with Gasteiger partial charge in [0.1, 0.15) is 0 Å². The van der Waals surface area contributed by atoms with Crippen molar-refractivity contribution < 1.29 is 14.1 Å². The van der Waals surface area contributed by atoms with E-state index in [1.165, 1.54) is 0 Å². The number of benzene rings is 1. The van der Waals surface area contributed by atoms with Gasteiger partial charge < -0.3 is 14.6 Å². The van der Waals surface area contributed by atoms with Crippen molar-refractivity contribution in [3.63, 3.8) is 0 Å². The highest BCUT2D eigenvalue weighted by atomic mass is 35.5. The Hall–Kier alpha value is -1.96. The van der Waals surface area contributed by atoms with Crippen molar-refractivity contribution in [3.8, 4) is 0 Å². The van der Waals surface area contributed by atoms with Crippen molar-refractivity contribution >= 4 is 17.5 Å². The Morgan fingerprint density at radius 3 is 2.83 bits per heavy atom. The topological polar surface area (TPSA) is 80.5 Å². The summed E-state index contributed by atoms with van der Waals surface area (Å²) in [5, 5.41) is 7.70. The summed E-state index contributed by atoms with van der Waals surface area (Å²) in [5.74, 6) is 0.879. The lowest BCUT2D eigenvalue weighted by molar-refractivity contribution is 0.0243. The van der Waals surface area contributed by atoms with Crippen LogP contribution in [0.4, 0.5) is 0 Å². The van der Waals surface area contributed by atoms with E-state index in [0.717, 1.165) is 45.4 Å². The fraction of sp³-hybridized carbons (Fsp3) is 0.571. The van der Waals surface area contributed by atoms with Crippen LogP contribution in [0.5, 0.6) is 0 Å². The number of halogens is 1. The molecular weight excluding hydrogens is 392 g/mol. The molecule has 4 rings (SSSR count).